The zero-order chi connectivity index (χ0) is 12.3. The van der Waals surface area contributed by atoms with Gasteiger partial charge in [-0.3, -0.25) is 0 Å². The maximum atomic E-state index is 4.23. The van der Waals surface area contributed by atoms with Crippen molar-refractivity contribution in [2.45, 2.75) is 26.7 Å². The largest absolute Gasteiger partial charge is 0.659 e. The molecule has 3 nitrogen and oxygen atoms in total. The van der Waals surface area contributed by atoms with Gasteiger partial charge < -0.3 is 37.4 Å². The van der Waals surface area contributed by atoms with Gasteiger partial charge in [-0.15, -0.1) is 13.1 Å². The fourth-order valence-electron chi connectivity index (χ4n) is 2.08. The molecular formula is C17H35N3V2Y2-4. The van der Waals surface area contributed by atoms with Gasteiger partial charge in [0.05, 0.1) is 0 Å². The molecule has 0 atom stereocenters. The van der Waals surface area contributed by atoms with E-state index in [4.69, 9.17) is 0 Å². The summed E-state index contributed by atoms with van der Waals surface area (Å²) >= 11 is 0. The smallest absolute Gasteiger partial charge is 0.0173 e. The van der Waals surface area contributed by atoms with Gasteiger partial charge in [0.25, 0.3) is 0 Å². The molecule has 0 aromatic rings. The first-order chi connectivity index (χ1) is 8.36. The minimum atomic E-state index is 0. The summed E-state index contributed by atoms with van der Waals surface area (Å²) in [6, 6.07) is 0. The number of rotatable bonds is 2. The Morgan fingerprint density at radius 1 is 0.667 bits per heavy atom. The van der Waals surface area contributed by atoms with Crippen LogP contribution in [-0.2, 0) is 103 Å². The first kappa shape index (κ1) is 45.3. The van der Waals surface area contributed by atoms with Crippen LogP contribution in [0.2, 0.25) is 0 Å². The molecule has 0 spiro atoms. The molecule has 2 aliphatic heterocycles. The van der Waals surface area contributed by atoms with Crippen LogP contribution in [0.5, 0.6) is 0 Å². The Balaban J connectivity index is -0.0000000374. The molecule has 2 saturated heterocycles. The fourth-order valence-corrected chi connectivity index (χ4v) is 2.08. The number of allylic oxidation sites excluding steroid dienone is 2. The van der Waals surface area contributed by atoms with E-state index >= 15 is 0 Å². The van der Waals surface area contributed by atoms with Crippen molar-refractivity contribution in [3.05, 3.63) is 52.1 Å². The summed E-state index contributed by atoms with van der Waals surface area (Å²) in [5, 5.41) is 4.23. The van der Waals surface area contributed by atoms with Crippen molar-refractivity contribution in [3.8, 4) is 0 Å². The Bertz CT molecular complexity index is 244. The van der Waals surface area contributed by atoms with E-state index in [0.29, 0.717) is 0 Å². The molecule has 0 aromatic heterocycles. The average Bonchev–Trinajstić information content (AvgIpc) is 2.85. The molecule has 0 N–H and O–H groups in total. The normalized spacial score (nSPS) is 14.9. The molecule has 2 fully saturated rings. The van der Waals surface area contributed by atoms with Gasteiger partial charge in [0, 0.05) is 116 Å². The zero-order valence-corrected chi connectivity index (χ0v) is 24.8. The predicted molar refractivity (Wildman–Crippen MR) is 94.3 cm³/mol. The Morgan fingerprint density at radius 3 is 1.33 bits per heavy atom. The predicted octanol–water partition coefficient (Wildman–Crippen LogP) is 4.17. The van der Waals surface area contributed by atoms with E-state index in [1.165, 1.54) is 25.9 Å². The molecule has 2 aliphatic rings. The molecule has 0 bridgehead atoms. The van der Waals surface area contributed by atoms with Crippen molar-refractivity contribution >= 4 is 0 Å². The number of hydrogen-bond donors (Lipinski definition) is 0. The van der Waals surface area contributed by atoms with Crippen LogP contribution in [0.25, 0.3) is 5.32 Å². The zero-order valence-electron chi connectivity index (χ0n) is 16.4. The minimum absolute atomic E-state index is 0. The Labute approximate surface area is 227 Å². The van der Waals surface area contributed by atoms with E-state index in [0.717, 1.165) is 26.2 Å². The quantitative estimate of drug-likeness (QED) is 0.473. The molecule has 138 valence electrons. The summed E-state index contributed by atoms with van der Waals surface area (Å²) in [6.45, 7) is 10.9. The van der Waals surface area contributed by atoms with E-state index in [1.807, 2.05) is 6.92 Å². The van der Waals surface area contributed by atoms with Gasteiger partial charge in [-0.1, -0.05) is 12.2 Å². The van der Waals surface area contributed by atoms with Crippen LogP contribution in [0.4, 0.5) is 0 Å². The summed E-state index contributed by atoms with van der Waals surface area (Å²) in [6.07, 6.45) is 11.2. The second kappa shape index (κ2) is 33.0. The van der Waals surface area contributed by atoms with Gasteiger partial charge in [-0.2, -0.15) is 0 Å². The first-order valence-corrected chi connectivity index (χ1v) is 6.74. The summed E-state index contributed by atoms with van der Waals surface area (Å²) in [4.78, 5) is 4.66. The SMILES string of the molecule is CC=CN1CCCC1.CC=CN1CC[N-]CC1.[CH3-].[CH3-].[CH3-].[V].[V].[Y].[Y]. The van der Waals surface area contributed by atoms with Gasteiger partial charge in [0.2, 0.25) is 0 Å². The number of piperazine rings is 1. The Hall–Kier alpha value is 2.42. The van der Waals surface area contributed by atoms with Crippen molar-refractivity contribution < 1.29 is 103 Å². The van der Waals surface area contributed by atoms with Crippen LogP contribution in [-0.4, -0.2) is 49.1 Å². The molecule has 0 aromatic carbocycles. The molecular weight excluding hydrogens is 526 g/mol. The second-order valence-electron chi connectivity index (χ2n) is 4.41. The average molecular weight is 561 g/mol. The minimum Gasteiger partial charge on any atom is -0.659 e. The molecule has 7 heteroatoms. The molecule has 0 amide bonds. The topological polar surface area (TPSA) is 20.6 Å². The standard InChI is InChI=1S/C7H13N2.C7H13N.3CH3.2V.2Y/c1-2-5-9-6-3-8-4-7-9;1-2-5-8-6-3-4-7-8;;;;;;;/h2,5H,3-4,6-7H2,1H3;2,5H,3-4,6-7H2,1H3;3*1H3;;;;/q-1;;3*-1;;;;. The van der Waals surface area contributed by atoms with E-state index < -0.39 is 0 Å². The fraction of sp³-hybridized carbons (Fsp3) is 0.588. The number of hydrogen-bond acceptors (Lipinski definition) is 2. The van der Waals surface area contributed by atoms with E-state index in [-0.39, 0.29) is 125 Å². The van der Waals surface area contributed by atoms with Gasteiger partial charge in [-0.05, 0) is 52.2 Å². The van der Waals surface area contributed by atoms with Gasteiger partial charge in [0.15, 0.2) is 0 Å². The van der Waals surface area contributed by atoms with Crippen LogP contribution in [0.3, 0.4) is 0 Å². The van der Waals surface area contributed by atoms with E-state index in [1.54, 1.807) is 0 Å². The monoisotopic (exact) mass is 561 g/mol. The van der Waals surface area contributed by atoms with Crippen molar-refractivity contribution in [1.29, 1.82) is 0 Å². The van der Waals surface area contributed by atoms with Crippen LogP contribution >= 0.6 is 0 Å². The summed E-state index contributed by atoms with van der Waals surface area (Å²) < 4.78 is 0. The second-order valence-corrected chi connectivity index (χ2v) is 4.41. The van der Waals surface area contributed by atoms with Crippen molar-refractivity contribution in [2.24, 2.45) is 0 Å². The number of likely N-dealkylation sites (tertiary alicyclic amines) is 1. The van der Waals surface area contributed by atoms with Crippen molar-refractivity contribution in [3.63, 3.8) is 0 Å². The van der Waals surface area contributed by atoms with Gasteiger partial charge in [-0.25, -0.2) is 0 Å². The summed E-state index contributed by atoms with van der Waals surface area (Å²) in [5.74, 6) is 0. The Kier molecular flexibility index (Phi) is 62.3. The third-order valence-corrected chi connectivity index (χ3v) is 2.95. The molecule has 0 unspecified atom stereocenters. The third-order valence-electron chi connectivity index (χ3n) is 2.95. The van der Waals surface area contributed by atoms with E-state index in [9.17, 15) is 0 Å². The van der Waals surface area contributed by atoms with Crippen LogP contribution in [0, 0.1) is 22.3 Å². The van der Waals surface area contributed by atoms with Crippen molar-refractivity contribution in [2.75, 3.05) is 39.3 Å². The first-order valence-electron chi connectivity index (χ1n) is 6.74. The maximum absolute atomic E-state index is 4.23. The van der Waals surface area contributed by atoms with Gasteiger partial charge >= 0.3 is 0 Å². The number of nitrogens with zero attached hydrogens (tertiary/aromatic N) is 3. The third kappa shape index (κ3) is 24.4. The molecule has 4 radical (unpaired) electrons. The Morgan fingerprint density at radius 2 is 1.00 bits per heavy atom. The summed E-state index contributed by atoms with van der Waals surface area (Å²) in [7, 11) is 0. The van der Waals surface area contributed by atoms with Crippen LogP contribution in [0.1, 0.15) is 26.7 Å². The van der Waals surface area contributed by atoms with Crippen LogP contribution < -0.4 is 0 Å². The van der Waals surface area contributed by atoms with Gasteiger partial charge in [0.1, 0.15) is 0 Å². The molecule has 0 aliphatic carbocycles. The van der Waals surface area contributed by atoms with Crippen molar-refractivity contribution in [1.82, 2.24) is 9.80 Å². The maximum Gasteiger partial charge on any atom is 0.0173 e. The van der Waals surface area contributed by atoms with Crippen LogP contribution in [0.15, 0.2) is 24.6 Å². The molecule has 2 rings (SSSR count). The molecule has 24 heavy (non-hydrogen) atoms. The van der Waals surface area contributed by atoms with E-state index in [2.05, 4.69) is 46.6 Å². The summed E-state index contributed by atoms with van der Waals surface area (Å²) in [5.41, 5.74) is 0. The molecule has 0 saturated carbocycles. The molecule has 2 heterocycles.